The molecule has 0 saturated heterocycles. The summed E-state index contributed by atoms with van der Waals surface area (Å²) in [5.74, 6) is -6.79. The van der Waals surface area contributed by atoms with Gasteiger partial charge in [0.25, 0.3) is 0 Å². The van der Waals surface area contributed by atoms with Crippen LogP contribution in [0.2, 0.25) is 0 Å². The minimum absolute atomic E-state index is 0.0656. The first-order chi connectivity index (χ1) is 17.3. The number of aliphatic carboxylic acids is 2. The number of carboxylic acid groups (broad SMARTS) is 2. The smallest absolute Gasteiger partial charge is 0.326 e. The van der Waals surface area contributed by atoms with Gasteiger partial charge in [0, 0.05) is 19.3 Å². The van der Waals surface area contributed by atoms with E-state index in [9.17, 15) is 38.7 Å². The summed E-state index contributed by atoms with van der Waals surface area (Å²) in [7, 11) is 0. The van der Waals surface area contributed by atoms with E-state index in [4.69, 9.17) is 28.0 Å². The lowest BCUT2D eigenvalue weighted by molar-refractivity contribution is -0.143. The lowest BCUT2D eigenvalue weighted by atomic mass is 10.0. The van der Waals surface area contributed by atoms with E-state index in [1.807, 2.05) is 0 Å². The second-order valence-corrected chi connectivity index (χ2v) is 8.36. The first-order valence-electron chi connectivity index (χ1n) is 11.7. The summed E-state index contributed by atoms with van der Waals surface area (Å²) in [5, 5.41) is 25.3. The van der Waals surface area contributed by atoms with Gasteiger partial charge >= 0.3 is 11.9 Å². The maximum Gasteiger partial charge on any atom is 0.326 e. The molecule has 4 atom stereocenters. The number of nitrogens with two attached hydrogens (primary N) is 4. The average molecular weight is 532 g/mol. The zero-order valence-electron chi connectivity index (χ0n) is 20.4. The second-order valence-electron chi connectivity index (χ2n) is 8.36. The van der Waals surface area contributed by atoms with E-state index in [0.717, 1.165) is 0 Å². The van der Waals surface area contributed by atoms with Crippen LogP contribution < -0.4 is 38.9 Å². The molecular formula is C21H37N7O9. The molecule has 37 heavy (non-hydrogen) atoms. The Morgan fingerprint density at radius 1 is 0.622 bits per heavy atom. The van der Waals surface area contributed by atoms with Crippen molar-refractivity contribution in [1.29, 1.82) is 0 Å². The van der Waals surface area contributed by atoms with Crippen molar-refractivity contribution < 1.29 is 43.8 Å². The Balaban J connectivity index is 5.58. The van der Waals surface area contributed by atoms with E-state index < -0.39 is 78.5 Å². The van der Waals surface area contributed by atoms with Gasteiger partial charge in [-0.2, -0.15) is 0 Å². The molecule has 0 heterocycles. The Bertz CT molecular complexity index is 837. The van der Waals surface area contributed by atoms with Crippen molar-refractivity contribution in [2.24, 2.45) is 22.9 Å². The van der Waals surface area contributed by atoms with Crippen molar-refractivity contribution in [2.75, 3.05) is 6.54 Å². The van der Waals surface area contributed by atoms with Crippen LogP contribution in [0.3, 0.4) is 0 Å². The molecule has 0 bridgehead atoms. The van der Waals surface area contributed by atoms with Gasteiger partial charge in [0.15, 0.2) is 0 Å². The molecule has 4 unspecified atom stereocenters. The van der Waals surface area contributed by atoms with Crippen molar-refractivity contribution in [3.8, 4) is 0 Å². The summed E-state index contributed by atoms with van der Waals surface area (Å²) in [4.78, 5) is 82.6. The van der Waals surface area contributed by atoms with Crippen LogP contribution in [0.1, 0.15) is 57.8 Å². The molecule has 0 radical (unpaired) electrons. The molecule has 0 fully saturated rings. The first-order valence-corrected chi connectivity index (χ1v) is 11.7. The third-order valence-electron chi connectivity index (χ3n) is 5.19. The minimum atomic E-state index is -1.52. The molecule has 13 N–H and O–H groups in total. The van der Waals surface area contributed by atoms with E-state index in [2.05, 4.69) is 16.0 Å². The number of carboxylic acids is 2. The molecule has 0 aromatic heterocycles. The van der Waals surface area contributed by atoms with Crippen molar-refractivity contribution >= 4 is 41.5 Å². The van der Waals surface area contributed by atoms with E-state index in [1.165, 1.54) is 0 Å². The largest absolute Gasteiger partial charge is 0.481 e. The quantitative estimate of drug-likeness (QED) is 0.0690. The Labute approximate surface area is 213 Å². The molecule has 0 rings (SSSR count). The zero-order valence-corrected chi connectivity index (χ0v) is 20.4. The van der Waals surface area contributed by atoms with Gasteiger partial charge in [-0.3, -0.25) is 28.8 Å². The van der Waals surface area contributed by atoms with Crippen LogP contribution >= 0.6 is 0 Å². The Hall–Kier alpha value is -3.79. The fourth-order valence-corrected chi connectivity index (χ4v) is 3.09. The van der Waals surface area contributed by atoms with E-state index in [0.29, 0.717) is 19.4 Å². The predicted octanol–water partition coefficient (Wildman–Crippen LogP) is -3.62. The summed E-state index contributed by atoms with van der Waals surface area (Å²) in [5.41, 5.74) is 21.3. The number of unbranched alkanes of at least 4 members (excludes halogenated alkanes) is 1. The van der Waals surface area contributed by atoms with E-state index >= 15 is 0 Å². The van der Waals surface area contributed by atoms with Gasteiger partial charge in [0.1, 0.15) is 18.1 Å². The Kier molecular flexibility index (Phi) is 15.8. The molecule has 0 aliphatic rings. The first kappa shape index (κ1) is 33.2. The SMILES string of the molecule is NCCCCC(NC(=O)C(N)CCC(N)=O)C(=O)NC(CCC(=O)O)C(=O)NC(CCC(N)=O)C(=O)O. The van der Waals surface area contributed by atoms with Gasteiger partial charge in [0.2, 0.25) is 29.5 Å². The molecule has 5 amide bonds. The molecule has 0 aromatic carbocycles. The highest BCUT2D eigenvalue weighted by Crippen LogP contribution is 2.07. The molecule has 0 aliphatic carbocycles. The summed E-state index contributed by atoms with van der Waals surface area (Å²) < 4.78 is 0. The number of nitrogens with one attached hydrogen (secondary N) is 3. The highest BCUT2D eigenvalue weighted by molar-refractivity contribution is 5.94. The van der Waals surface area contributed by atoms with Crippen LogP contribution in [0.15, 0.2) is 0 Å². The molecule has 0 saturated carbocycles. The number of amides is 5. The standard InChI is InChI=1S/C21H37N7O9/c22-10-2-1-3-12(26-18(33)11(23)4-7-15(24)29)19(34)27-13(6-9-17(31)32)20(35)28-14(21(36)37)5-8-16(25)30/h11-14H,1-10,22-23H2,(H2,24,29)(H2,25,30)(H,26,33)(H,27,34)(H,28,35)(H,31,32)(H,36,37). The summed E-state index contributed by atoms with van der Waals surface area (Å²) in [6, 6.07) is -5.34. The van der Waals surface area contributed by atoms with Crippen LogP contribution in [-0.4, -0.2) is 82.4 Å². The van der Waals surface area contributed by atoms with Gasteiger partial charge in [0.05, 0.1) is 6.04 Å². The van der Waals surface area contributed by atoms with Gasteiger partial charge in [-0.15, -0.1) is 0 Å². The molecule has 210 valence electrons. The van der Waals surface area contributed by atoms with Gasteiger partial charge in [-0.05, 0) is 45.1 Å². The number of primary amides is 2. The van der Waals surface area contributed by atoms with Gasteiger partial charge < -0.3 is 49.1 Å². The lowest BCUT2D eigenvalue weighted by Crippen LogP contribution is -2.57. The molecule has 16 nitrogen and oxygen atoms in total. The lowest BCUT2D eigenvalue weighted by Gasteiger charge is -2.25. The van der Waals surface area contributed by atoms with Crippen molar-refractivity contribution in [3.05, 3.63) is 0 Å². The van der Waals surface area contributed by atoms with Crippen LogP contribution in [-0.2, 0) is 33.6 Å². The van der Waals surface area contributed by atoms with Gasteiger partial charge in [-0.25, -0.2) is 4.79 Å². The zero-order chi connectivity index (χ0) is 28.5. The van der Waals surface area contributed by atoms with Crippen molar-refractivity contribution in [2.45, 2.75) is 82.0 Å². The van der Waals surface area contributed by atoms with Crippen molar-refractivity contribution in [1.82, 2.24) is 16.0 Å². The molecule has 0 aliphatic heterocycles. The molecule has 0 aromatic rings. The maximum absolute atomic E-state index is 13.0. The predicted molar refractivity (Wildman–Crippen MR) is 128 cm³/mol. The molecule has 0 spiro atoms. The van der Waals surface area contributed by atoms with Gasteiger partial charge in [-0.1, -0.05) is 0 Å². The molecular weight excluding hydrogens is 494 g/mol. The van der Waals surface area contributed by atoms with E-state index in [-0.39, 0.29) is 32.1 Å². The van der Waals surface area contributed by atoms with E-state index in [1.54, 1.807) is 0 Å². The summed E-state index contributed by atoms with van der Waals surface area (Å²) in [6.45, 7) is 0.311. The number of carbonyl (C=O) groups excluding carboxylic acids is 5. The van der Waals surface area contributed by atoms with Crippen LogP contribution in [0.4, 0.5) is 0 Å². The number of carbonyl (C=O) groups is 7. The number of rotatable bonds is 20. The third-order valence-corrected chi connectivity index (χ3v) is 5.19. The van der Waals surface area contributed by atoms with Crippen molar-refractivity contribution in [3.63, 3.8) is 0 Å². The second kappa shape index (κ2) is 17.6. The van der Waals surface area contributed by atoms with Crippen LogP contribution in [0.25, 0.3) is 0 Å². The Morgan fingerprint density at radius 2 is 1.08 bits per heavy atom. The topological polar surface area (TPSA) is 300 Å². The monoisotopic (exact) mass is 531 g/mol. The fourth-order valence-electron chi connectivity index (χ4n) is 3.09. The maximum atomic E-state index is 13.0. The fraction of sp³-hybridized carbons (Fsp3) is 0.667. The van der Waals surface area contributed by atoms with Crippen LogP contribution in [0, 0.1) is 0 Å². The molecule has 16 heteroatoms. The highest BCUT2D eigenvalue weighted by Gasteiger charge is 2.30. The Morgan fingerprint density at radius 3 is 1.57 bits per heavy atom. The highest BCUT2D eigenvalue weighted by atomic mass is 16.4. The number of hydrogen-bond donors (Lipinski definition) is 9. The summed E-state index contributed by atoms with van der Waals surface area (Å²) >= 11 is 0. The summed E-state index contributed by atoms with van der Waals surface area (Å²) in [6.07, 6.45) is -0.800. The van der Waals surface area contributed by atoms with Crippen LogP contribution in [0.5, 0.6) is 0 Å². The minimum Gasteiger partial charge on any atom is -0.481 e. The normalized spacial score (nSPS) is 13.9. The number of hydrogen-bond acceptors (Lipinski definition) is 9. The third kappa shape index (κ3) is 15.0. The average Bonchev–Trinajstić information content (AvgIpc) is 2.81.